The fourth-order valence-corrected chi connectivity index (χ4v) is 1.71. The Hall–Kier alpha value is -2.23. The minimum absolute atomic E-state index is 0.0556. The lowest BCUT2D eigenvalue weighted by Gasteiger charge is -2.06. The van der Waals surface area contributed by atoms with Crippen molar-refractivity contribution in [3.05, 3.63) is 59.2 Å². The van der Waals surface area contributed by atoms with Crippen molar-refractivity contribution in [3.8, 4) is 0 Å². The predicted octanol–water partition coefficient (Wildman–Crippen LogP) is 2.54. The summed E-state index contributed by atoms with van der Waals surface area (Å²) >= 11 is 0. The van der Waals surface area contributed by atoms with Gasteiger partial charge in [0.05, 0.1) is 5.56 Å². The van der Waals surface area contributed by atoms with Gasteiger partial charge in [-0.15, -0.1) is 0 Å². The fourth-order valence-electron chi connectivity index (χ4n) is 1.71. The van der Waals surface area contributed by atoms with Gasteiger partial charge in [0.1, 0.15) is 5.82 Å². The molecule has 4 heteroatoms. The average molecular weight is 244 g/mol. The second kappa shape index (κ2) is 4.96. The van der Waals surface area contributed by atoms with Crippen molar-refractivity contribution in [1.82, 2.24) is 4.98 Å². The molecule has 2 N–H and O–H groups in total. The Morgan fingerprint density at radius 2 is 2.17 bits per heavy atom. The SMILES string of the molecule is Cc1ccc(F)c(C(=O)Cc2cnccc2N)c1. The number of nitrogens with zero attached hydrogens (tertiary/aromatic N) is 1. The first-order valence-electron chi connectivity index (χ1n) is 5.55. The summed E-state index contributed by atoms with van der Waals surface area (Å²) in [6, 6.07) is 6.10. The standard InChI is InChI=1S/C14H13FN2O/c1-9-2-3-12(15)11(6-9)14(18)7-10-8-17-5-4-13(10)16/h2-6,8H,7H2,1H3,(H2,16,17). The number of nitrogens with two attached hydrogens (primary N) is 1. The van der Waals surface area contributed by atoms with E-state index in [1.807, 2.05) is 6.92 Å². The van der Waals surface area contributed by atoms with Crippen LogP contribution in [0.5, 0.6) is 0 Å². The molecule has 0 saturated heterocycles. The van der Waals surface area contributed by atoms with E-state index in [0.29, 0.717) is 11.3 Å². The number of anilines is 1. The summed E-state index contributed by atoms with van der Waals surface area (Å²) in [5, 5.41) is 0. The van der Waals surface area contributed by atoms with Gasteiger partial charge in [0.25, 0.3) is 0 Å². The first-order valence-corrected chi connectivity index (χ1v) is 5.55. The average Bonchev–Trinajstić information content (AvgIpc) is 2.35. The third kappa shape index (κ3) is 2.53. The molecule has 1 aromatic heterocycles. The fraction of sp³-hybridized carbons (Fsp3) is 0.143. The number of hydrogen-bond acceptors (Lipinski definition) is 3. The first kappa shape index (κ1) is 12.2. The smallest absolute Gasteiger partial charge is 0.170 e. The Morgan fingerprint density at radius 1 is 1.39 bits per heavy atom. The molecular weight excluding hydrogens is 231 g/mol. The number of halogens is 1. The van der Waals surface area contributed by atoms with Crippen molar-refractivity contribution in [2.24, 2.45) is 0 Å². The van der Waals surface area contributed by atoms with E-state index in [2.05, 4.69) is 4.98 Å². The Balaban J connectivity index is 2.28. The Bertz CT molecular complexity index is 596. The van der Waals surface area contributed by atoms with Crippen LogP contribution in [0.2, 0.25) is 0 Å². The number of nitrogen functional groups attached to an aromatic ring is 1. The van der Waals surface area contributed by atoms with Crippen molar-refractivity contribution >= 4 is 11.5 Å². The molecule has 0 bridgehead atoms. The maximum Gasteiger partial charge on any atom is 0.170 e. The highest BCUT2D eigenvalue weighted by atomic mass is 19.1. The molecule has 2 aromatic rings. The molecule has 0 aliphatic carbocycles. The summed E-state index contributed by atoms with van der Waals surface area (Å²) in [5.41, 5.74) is 7.78. The molecule has 0 atom stereocenters. The third-order valence-electron chi connectivity index (χ3n) is 2.71. The van der Waals surface area contributed by atoms with E-state index in [1.54, 1.807) is 24.4 Å². The highest BCUT2D eigenvalue weighted by molar-refractivity contribution is 5.98. The van der Waals surface area contributed by atoms with Crippen LogP contribution in [0.25, 0.3) is 0 Å². The van der Waals surface area contributed by atoms with E-state index < -0.39 is 5.82 Å². The normalized spacial score (nSPS) is 10.3. The summed E-state index contributed by atoms with van der Waals surface area (Å²) in [7, 11) is 0. The monoisotopic (exact) mass is 244 g/mol. The number of rotatable bonds is 3. The molecule has 0 fully saturated rings. The van der Waals surface area contributed by atoms with E-state index in [1.165, 1.54) is 12.3 Å². The summed E-state index contributed by atoms with van der Waals surface area (Å²) in [6.07, 6.45) is 3.14. The van der Waals surface area contributed by atoms with Crippen LogP contribution in [0.15, 0.2) is 36.7 Å². The summed E-state index contributed by atoms with van der Waals surface area (Å²) in [6.45, 7) is 1.81. The topological polar surface area (TPSA) is 56.0 Å². The maximum atomic E-state index is 13.6. The number of aryl methyl sites for hydroxylation is 1. The molecule has 2 rings (SSSR count). The molecule has 0 aliphatic heterocycles. The second-order valence-electron chi connectivity index (χ2n) is 4.16. The van der Waals surface area contributed by atoms with Crippen LogP contribution < -0.4 is 5.73 Å². The van der Waals surface area contributed by atoms with Crippen molar-refractivity contribution in [1.29, 1.82) is 0 Å². The minimum atomic E-state index is -0.506. The maximum absolute atomic E-state index is 13.6. The summed E-state index contributed by atoms with van der Waals surface area (Å²) in [5.74, 6) is -0.802. The number of carbonyl (C=O) groups excluding carboxylic acids is 1. The Morgan fingerprint density at radius 3 is 2.89 bits per heavy atom. The Kier molecular flexibility index (Phi) is 3.37. The highest BCUT2D eigenvalue weighted by Crippen LogP contribution is 2.16. The lowest BCUT2D eigenvalue weighted by Crippen LogP contribution is -2.08. The van der Waals surface area contributed by atoms with E-state index in [0.717, 1.165) is 5.56 Å². The number of aromatic nitrogens is 1. The number of Topliss-reactive ketones (excluding diaryl/α,β-unsaturated/α-hetero) is 1. The lowest BCUT2D eigenvalue weighted by atomic mass is 10.0. The van der Waals surface area contributed by atoms with E-state index in [-0.39, 0.29) is 17.8 Å². The van der Waals surface area contributed by atoms with Gasteiger partial charge >= 0.3 is 0 Å². The predicted molar refractivity (Wildman–Crippen MR) is 67.8 cm³/mol. The van der Waals surface area contributed by atoms with Gasteiger partial charge < -0.3 is 5.73 Å². The van der Waals surface area contributed by atoms with Crippen LogP contribution in [0.3, 0.4) is 0 Å². The zero-order valence-corrected chi connectivity index (χ0v) is 9.98. The van der Waals surface area contributed by atoms with E-state index in [9.17, 15) is 9.18 Å². The molecule has 0 amide bonds. The quantitative estimate of drug-likeness (QED) is 0.844. The number of benzene rings is 1. The zero-order valence-electron chi connectivity index (χ0n) is 9.98. The molecule has 0 spiro atoms. The van der Waals surface area contributed by atoms with Crippen molar-refractivity contribution in [2.45, 2.75) is 13.3 Å². The van der Waals surface area contributed by atoms with Crippen LogP contribution in [-0.2, 0) is 6.42 Å². The minimum Gasteiger partial charge on any atom is -0.398 e. The van der Waals surface area contributed by atoms with Crippen LogP contribution in [0, 0.1) is 12.7 Å². The van der Waals surface area contributed by atoms with E-state index >= 15 is 0 Å². The summed E-state index contributed by atoms with van der Waals surface area (Å²) < 4.78 is 13.6. The van der Waals surface area contributed by atoms with Gasteiger partial charge in [-0.2, -0.15) is 0 Å². The van der Waals surface area contributed by atoms with Crippen molar-refractivity contribution in [3.63, 3.8) is 0 Å². The molecule has 18 heavy (non-hydrogen) atoms. The van der Waals surface area contributed by atoms with Crippen LogP contribution in [0.4, 0.5) is 10.1 Å². The van der Waals surface area contributed by atoms with Gasteiger partial charge in [0.15, 0.2) is 5.78 Å². The van der Waals surface area contributed by atoms with Gasteiger partial charge in [-0.3, -0.25) is 9.78 Å². The molecule has 3 nitrogen and oxygen atoms in total. The van der Waals surface area contributed by atoms with Crippen LogP contribution in [-0.4, -0.2) is 10.8 Å². The van der Waals surface area contributed by atoms with Crippen molar-refractivity contribution in [2.75, 3.05) is 5.73 Å². The molecule has 0 radical (unpaired) electrons. The molecule has 0 saturated carbocycles. The third-order valence-corrected chi connectivity index (χ3v) is 2.71. The number of carbonyl (C=O) groups is 1. The van der Waals surface area contributed by atoms with Gasteiger partial charge in [0.2, 0.25) is 0 Å². The van der Waals surface area contributed by atoms with Crippen molar-refractivity contribution < 1.29 is 9.18 Å². The number of ketones is 1. The highest BCUT2D eigenvalue weighted by Gasteiger charge is 2.13. The van der Waals surface area contributed by atoms with Gasteiger partial charge in [-0.05, 0) is 25.1 Å². The summed E-state index contributed by atoms with van der Waals surface area (Å²) in [4.78, 5) is 15.9. The number of pyridine rings is 1. The molecular formula is C14H13FN2O. The van der Waals surface area contributed by atoms with Gasteiger partial charge in [-0.1, -0.05) is 11.6 Å². The Labute approximate surface area is 104 Å². The molecule has 92 valence electrons. The molecule has 1 aromatic carbocycles. The van der Waals surface area contributed by atoms with E-state index in [4.69, 9.17) is 5.73 Å². The zero-order chi connectivity index (χ0) is 13.1. The second-order valence-corrected chi connectivity index (χ2v) is 4.16. The lowest BCUT2D eigenvalue weighted by molar-refractivity contribution is 0.0989. The first-order chi connectivity index (χ1) is 8.58. The molecule has 0 unspecified atom stereocenters. The van der Waals surface area contributed by atoms with Gasteiger partial charge in [-0.25, -0.2) is 4.39 Å². The molecule has 0 aliphatic rings. The largest absolute Gasteiger partial charge is 0.398 e. The van der Waals surface area contributed by atoms with Crippen LogP contribution in [0.1, 0.15) is 21.5 Å². The number of hydrogen-bond donors (Lipinski definition) is 1. The molecule has 1 heterocycles. The van der Waals surface area contributed by atoms with Gasteiger partial charge in [0, 0.05) is 30.1 Å². The van der Waals surface area contributed by atoms with Crippen LogP contribution >= 0.6 is 0 Å².